The molecule has 3 N–H and O–H groups in total. The Kier molecular flexibility index (Phi) is 8.84. The molecule has 0 saturated heterocycles. The molecule has 2 rings (SSSR count). The van der Waals surface area contributed by atoms with Crippen LogP contribution < -0.4 is 11.1 Å². The third-order valence-corrected chi connectivity index (χ3v) is 5.14. The molecule has 9 heteroatoms. The van der Waals surface area contributed by atoms with Crippen molar-refractivity contribution in [2.24, 2.45) is 10.7 Å². The number of nitrogens with two attached hydrogens (primary N) is 1. The number of allylic oxidation sites excluding steroid dienone is 3. The van der Waals surface area contributed by atoms with Gasteiger partial charge in [0, 0.05) is 18.7 Å². The van der Waals surface area contributed by atoms with Crippen molar-refractivity contribution in [1.82, 2.24) is 10.2 Å². The largest absolute Gasteiger partial charge is 0.431 e. The highest BCUT2D eigenvalue weighted by Gasteiger charge is 2.40. The van der Waals surface area contributed by atoms with Crippen LogP contribution in [0.4, 0.5) is 13.2 Å². The maximum atomic E-state index is 13.6. The summed E-state index contributed by atoms with van der Waals surface area (Å²) >= 11 is 0. The number of hydrogen-bond acceptors (Lipinski definition) is 5. The number of Topliss-reactive ketones (excluding diaryl/α,β-unsaturated/α-hetero) is 1. The lowest BCUT2D eigenvalue weighted by molar-refractivity contribution is -0.119. The van der Waals surface area contributed by atoms with E-state index in [4.69, 9.17) is 12.2 Å². The van der Waals surface area contributed by atoms with Gasteiger partial charge >= 0.3 is 6.18 Å². The zero-order valence-electron chi connectivity index (χ0n) is 19.2. The van der Waals surface area contributed by atoms with Crippen molar-refractivity contribution in [2.75, 3.05) is 19.6 Å². The zero-order valence-corrected chi connectivity index (χ0v) is 19.2. The monoisotopic (exact) mass is 472 g/mol. The molecule has 1 unspecified atom stereocenters. The predicted octanol–water partition coefficient (Wildman–Crippen LogP) is 3.69. The number of halogens is 3. The van der Waals surface area contributed by atoms with E-state index in [0.29, 0.717) is 23.2 Å². The smallest absolute Gasteiger partial charge is 0.394 e. The van der Waals surface area contributed by atoms with E-state index in [2.05, 4.69) is 16.2 Å². The number of nitrogens with zero attached hydrogens (tertiary/aromatic N) is 2. The first-order valence-corrected chi connectivity index (χ1v) is 10.6. The molecule has 1 aliphatic heterocycles. The maximum Gasteiger partial charge on any atom is 0.431 e. The Labute approximate surface area is 197 Å². The highest BCUT2D eigenvalue weighted by Crippen LogP contribution is 2.27. The Morgan fingerprint density at radius 3 is 2.50 bits per heavy atom. The third-order valence-electron chi connectivity index (χ3n) is 5.14. The molecular formula is C25H27F3N4O2. The summed E-state index contributed by atoms with van der Waals surface area (Å²) in [5.74, 6) is 1.13. The van der Waals surface area contributed by atoms with Crippen LogP contribution in [0.2, 0.25) is 0 Å². The Morgan fingerprint density at radius 1 is 1.32 bits per heavy atom. The van der Waals surface area contributed by atoms with Gasteiger partial charge in [0.15, 0.2) is 5.78 Å². The molecule has 1 amide bonds. The number of alkyl halides is 3. The van der Waals surface area contributed by atoms with Crippen LogP contribution in [-0.2, 0) is 4.79 Å². The molecule has 0 aliphatic carbocycles. The first-order valence-electron chi connectivity index (χ1n) is 10.6. The number of nitrogens with one attached hydrogen (secondary N) is 1. The molecule has 1 heterocycles. The second kappa shape index (κ2) is 11.4. The number of terminal acetylenes is 1. The van der Waals surface area contributed by atoms with Crippen LogP contribution in [0.15, 0.2) is 64.3 Å². The van der Waals surface area contributed by atoms with Crippen LogP contribution >= 0.6 is 0 Å². The number of amides is 1. The Balaban J connectivity index is 2.38. The van der Waals surface area contributed by atoms with E-state index in [9.17, 15) is 22.8 Å². The van der Waals surface area contributed by atoms with Crippen molar-refractivity contribution in [1.29, 1.82) is 0 Å². The summed E-state index contributed by atoms with van der Waals surface area (Å²) in [5, 5.41) is 2.57. The topological polar surface area (TPSA) is 87.8 Å². The van der Waals surface area contributed by atoms with Crippen LogP contribution in [0.3, 0.4) is 0 Å². The minimum atomic E-state index is -4.93. The van der Waals surface area contributed by atoms with Gasteiger partial charge in [-0.2, -0.15) is 13.2 Å². The van der Waals surface area contributed by atoms with Crippen molar-refractivity contribution in [2.45, 2.75) is 33.0 Å². The van der Waals surface area contributed by atoms with Gasteiger partial charge in [-0.1, -0.05) is 42.3 Å². The lowest BCUT2D eigenvalue weighted by Crippen LogP contribution is -2.41. The summed E-state index contributed by atoms with van der Waals surface area (Å²) in [6.45, 7) is 5.50. The van der Waals surface area contributed by atoms with E-state index in [1.165, 1.54) is 13.0 Å². The average Bonchev–Trinajstić information content (AvgIpc) is 3.21. The van der Waals surface area contributed by atoms with Gasteiger partial charge in [0.2, 0.25) is 0 Å². The summed E-state index contributed by atoms with van der Waals surface area (Å²) < 4.78 is 40.8. The number of rotatable bonds is 8. The van der Waals surface area contributed by atoms with Gasteiger partial charge in [-0.15, -0.1) is 6.42 Å². The first-order chi connectivity index (χ1) is 16.0. The summed E-state index contributed by atoms with van der Waals surface area (Å²) in [5.41, 5.74) is 4.94. The van der Waals surface area contributed by atoms with Crippen LogP contribution in [0.1, 0.15) is 42.7 Å². The van der Waals surface area contributed by atoms with Crippen LogP contribution in [0.25, 0.3) is 0 Å². The van der Waals surface area contributed by atoms with E-state index in [1.54, 1.807) is 55.2 Å². The molecule has 0 aromatic heterocycles. The molecule has 1 atom stereocenters. The van der Waals surface area contributed by atoms with Crippen molar-refractivity contribution >= 4 is 17.5 Å². The molecule has 6 nitrogen and oxygen atoms in total. The molecule has 0 radical (unpaired) electrons. The normalized spacial score (nSPS) is 16.1. The van der Waals surface area contributed by atoms with Crippen LogP contribution in [-0.4, -0.2) is 48.2 Å². The van der Waals surface area contributed by atoms with E-state index in [0.717, 1.165) is 0 Å². The fourth-order valence-electron chi connectivity index (χ4n) is 3.41. The Bertz CT molecular complexity index is 1090. The van der Waals surface area contributed by atoms with Crippen molar-refractivity contribution < 1.29 is 22.8 Å². The second-order valence-corrected chi connectivity index (χ2v) is 7.67. The quantitative estimate of drug-likeness (QED) is 0.262. The van der Waals surface area contributed by atoms with Crippen molar-refractivity contribution in [3.8, 4) is 12.3 Å². The zero-order chi connectivity index (χ0) is 25.5. The lowest BCUT2D eigenvalue weighted by Gasteiger charge is -2.25. The highest BCUT2D eigenvalue weighted by atomic mass is 19.4. The Hall–Kier alpha value is -3.80. The minimum Gasteiger partial charge on any atom is -0.394 e. The highest BCUT2D eigenvalue weighted by molar-refractivity contribution is 6.21. The molecule has 1 aliphatic rings. The number of amidine groups is 1. The summed E-state index contributed by atoms with van der Waals surface area (Å²) in [7, 11) is 0. The number of hydrogen-bond donors (Lipinski definition) is 2. The third kappa shape index (κ3) is 6.61. The number of carbonyl (C=O) groups excluding carboxylic acids is 2. The molecule has 0 spiro atoms. The van der Waals surface area contributed by atoms with E-state index in [-0.39, 0.29) is 24.7 Å². The van der Waals surface area contributed by atoms with Gasteiger partial charge in [-0.05, 0) is 38.0 Å². The van der Waals surface area contributed by atoms with Gasteiger partial charge in [-0.25, -0.2) is 0 Å². The summed E-state index contributed by atoms with van der Waals surface area (Å²) in [6.07, 6.45) is 5.40. The fraction of sp³-hybridized carbons (Fsp3) is 0.320. The molecular weight excluding hydrogens is 445 g/mol. The van der Waals surface area contributed by atoms with E-state index in [1.807, 2.05) is 0 Å². The molecule has 0 fully saturated rings. The SMILES string of the molecule is C#C/C=C(\C=C/C)CN1CCN=C1C(C(=O)NC(C)c1ccc(C(C)=O)cc1)=C(N)C(F)(F)F. The van der Waals surface area contributed by atoms with Crippen molar-refractivity contribution in [3.05, 3.63) is 70.5 Å². The summed E-state index contributed by atoms with van der Waals surface area (Å²) in [4.78, 5) is 30.3. The minimum absolute atomic E-state index is 0.123. The number of aliphatic imine (C=N–C) groups is 1. The predicted molar refractivity (Wildman–Crippen MR) is 126 cm³/mol. The van der Waals surface area contributed by atoms with Crippen LogP contribution in [0.5, 0.6) is 0 Å². The first kappa shape index (κ1) is 26.5. The molecule has 0 bridgehead atoms. The van der Waals surface area contributed by atoms with E-state index < -0.39 is 29.4 Å². The fourth-order valence-corrected chi connectivity index (χ4v) is 3.41. The standard InChI is InChI=1S/C25H27F3N4O2/c1-5-7-18(8-6-2)15-32-14-13-30-23(32)21(22(29)25(26,27)28)24(34)31-16(3)19-9-11-20(12-10-19)17(4)33/h1,6-12,16H,13-15,29H2,2-4H3,(H,31,34)/b8-6-,18-7+,22-21?. The van der Waals surface area contributed by atoms with Crippen molar-refractivity contribution in [3.63, 3.8) is 0 Å². The van der Waals surface area contributed by atoms with E-state index >= 15 is 0 Å². The molecule has 34 heavy (non-hydrogen) atoms. The average molecular weight is 473 g/mol. The summed E-state index contributed by atoms with van der Waals surface area (Å²) in [6, 6.07) is 5.78. The van der Waals surface area contributed by atoms with Gasteiger partial charge in [0.1, 0.15) is 17.1 Å². The van der Waals surface area contributed by atoms with Gasteiger partial charge in [-0.3, -0.25) is 14.6 Å². The number of benzene rings is 1. The molecule has 1 aromatic rings. The molecule has 180 valence electrons. The van der Waals surface area contributed by atoms with Crippen LogP contribution in [0, 0.1) is 12.3 Å². The van der Waals surface area contributed by atoms with Gasteiger partial charge < -0.3 is 16.0 Å². The lowest BCUT2D eigenvalue weighted by atomic mass is 10.0. The number of carbonyl (C=O) groups is 2. The second-order valence-electron chi connectivity index (χ2n) is 7.67. The maximum absolute atomic E-state index is 13.6. The molecule has 0 saturated carbocycles. The van der Waals surface area contributed by atoms with Gasteiger partial charge in [0.05, 0.1) is 12.6 Å². The molecule has 1 aromatic carbocycles. The Morgan fingerprint density at radius 2 is 1.97 bits per heavy atom. The number of ketones is 1. The van der Waals surface area contributed by atoms with Gasteiger partial charge in [0.25, 0.3) is 5.91 Å².